The van der Waals surface area contributed by atoms with Gasteiger partial charge in [-0.3, -0.25) is 9.58 Å². The molecule has 1 aliphatic carbocycles. The summed E-state index contributed by atoms with van der Waals surface area (Å²) in [5.41, 5.74) is 3.25. The maximum Gasteiger partial charge on any atom is 0.229 e. The second-order valence-electron chi connectivity index (χ2n) is 11.3. The largest absolute Gasteiger partial charge is 0.381 e. The number of allylic oxidation sites excluding steroid dienone is 2. The fraction of sp³-hybridized carbons (Fsp3) is 0.690. The van der Waals surface area contributed by atoms with Crippen molar-refractivity contribution in [1.29, 1.82) is 0 Å². The summed E-state index contributed by atoms with van der Waals surface area (Å²) in [6, 6.07) is 1.56. The Labute approximate surface area is 228 Å². The van der Waals surface area contributed by atoms with Crippen LogP contribution in [0.2, 0.25) is 0 Å². The second kappa shape index (κ2) is 13.0. The van der Waals surface area contributed by atoms with Gasteiger partial charge in [0, 0.05) is 69.4 Å². The molecule has 2 aromatic heterocycles. The molecule has 5 rings (SSSR count). The number of likely N-dealkylation sites (N-methyl/N-ethyl adjacent to an activating group) is 1. The van der Waals surface area contributed by atoms with E-state index in [0.29, 0.717) is 18.0 Å². The van der Waals surface area contributed by atoms with Gasteiger partial charge in [-0.05, 0) is 64.5 Å². The number of unbranched alkanes of at least 4 members (excludes halogenated alkanes) is 1. The zero-order chi connectivity index (χ0) is 26.3. The van der Waals surface area contributed by atoms with Gasteiger partial charge in [-0.25, -0.2) is 4.98 Å². The molecule has 2 aliphatic heterocycles. The summed E-state index contributed by atoms with van der Waals surface area (Å²) in [6.07, 6.45) is 17.3. The molecule has 0 bridgehead atoms. The van der Waals surface area contributed by atoms with E-state index in [2.05, 4.69) is 68.4 Å². The molecule has 9 heteroatoms. The number of aromatic nitrogens is 4. The summed E-state index contributed by atoms with van der Waals surface area (Å²) in [7, 11) is 2.23. The first-order chi connectivity index (χ1) is 18.6. The normalized spacial score (nSPS) is 24.4. The first-order valence-electron chi connectivity index (χ1n) is 14.7. The molecule has 3 aliphatic rings. The molecule has 0 unspecified atom stereocenters. The van der Waals surface area contributed by atoms with Crippen LogP contribution in [0.1, 0.15) is 76.8 Å². The summed E-state index contributed by atoms with van der Waals surface area (Å²) in [5.74, 6) is 1.55. The predicted molar refractivity (Wildman–Crippen MR) is 154 cm³/mol. The molecular formula is C29H46N8O. The highest BCUT2D eigenvalue weighted by Gasteiger charge is 2.28. The third kappa shape index (κ3) is 6.93. The van der Waals surface area contributed by atoms with Crippen LogP contribution in [-0.4, -0.2) is 88.1 Å². The van der Waals surface area contributed by atoms with E-state index in [1.54, 1.807) is 0 Å². The summed E-state index contributed by atoms with van der Waals surface area (Å²) >= 11 is 0. The quantitative estimate of drug-likeness (QED) is 0.479. The van der Waals surface area contributed by atoms with Gasteiger partial charge in [0.05, 0.1) is 17.9 Å². The lowest BCUT2D eigenvalue weighted by Crippen LogP contribution is -2.50. The van der Waals surface area contributed by atoms with Gasteiger partial charge < -0.3 is 20.3 Å². The Balaban J connectivity index is 1.26. The zero-order valence-electron chi connectivity index (χ0n) is 23.5. The number of ether oxygens (including phenoxy) is 1. The fourth-order valence-corrected chi connectivity index (χ4v) is 5.96. The first-order valence-corrected chi connectivity index (χ1v) is 14.7. The van der Waals surface area contributed by atoms with E-state index in [-0.39, 0.29) is 0 Å². The molecule has 38 heavy (non-hydrogen) atoms. The Morgan fingerprint density at radius 3 is 2.53 bits per heavy atom. The predicted octanol–water partition coefficient (Wildman–Crippen LogP) is 4.94. The van der Waals surface area contributed by atoms with Crippen LogP contribution in [0.15, 0.2) is 24.7 Å². The molecule has 2 aromatic rings. The van der Waals surface area contributed by atoms with E-state index in [1.165, 1.54) is 57.4 Å². The standard InChI is InChI=1S/C29H46N8O/c1-4-5-6-22(2)27-20-30-29(33-24-19-31-37(21-24)26-11-17-38-18-12-26)34-28(27)32-23-7-9-25(10-8-23)36-15-13-35(3)14-16-36/h6,19-21,23,25-26H,4-5,7-18H2,1-3H3,(H2,30,32,33,34)/b22-6-. The molecule has 2 N–H and O–H groups in total. The summed E-state index contributed by atoms with van der Waals surface area (Å²) in [6.45, 7) is 10.8. The van der Waals surface area contributed by atoms with Gasteiger partial charge in [0.25, 0.3) is 0 Å². The molecule has 4 heterocycles. The SMILES string of the molecule is CCC/C=C(/C)c1cnc(Nc2cnn(C3CCOCC3)c2)nc1NC1CCC(N2CCN(C)CC2)CC1. The minimum atomic E-state index is 0.396. The van der Waals surface area contributed by atoms with Gasteiger partial charge in [0.2, 0.25) is 5.95 Å². The smallest absolute Gasteiger partial charge is 0.229 e. The molecule has 208 valence electrons. The molecule has 0 spiro atoms. The van der Waals surface area contributed by atoms with E-state index in [1.807, 2.05) is 12.4 Å². The monoisotopic (exact) mass is 522 g/mol. The number of hydrogen-bond acceptors (Lipinski definition) is 8. The van der Waals surface area contributed by atoms with Gasteiger partial charge in [0.1, 0.15) is 5.82 Å². The lowest BCUT2D eigenvalue weighted by molar-refractivity contribution is 0.0662. The summed E-state index contributed by atoms with van der Waals surface area (Å²) in [4.78, 5) is 14.8. The van der Waals surface area contributed by atoms with Crippen LogP contribution < -0.4 is 10.6 Å². The van der Waals surface area contributed by atoms with Crippen molar-refractivity contribution < 1.29 is 4.74 Å². The summed E-state index contributed by atoms with van der Waals surface area (Å²) in [5, 5.41) is 11.8. The maximum absolute atomic E-state index is 5.50. The fourth-order valence-electron chi connectivity index (χ4n) is 5.96. The molecule has 0 radical (unpaired) electrons. The van der Waals surface area contributed by atoms with Crippen molar-refractivity contribution in [1.82, 2.24) is 29.5 Å². The van der Waals surface area contributed by atoms with Crippen LogP contribution in [0, 0.1) is 0 Å². The van der Waals surface area contributed by atoms with Crippen molar-refractivity contribution in [3.8, 4) is 0 Å². The summed E-state index contributed by atoms with van der Waals surface area (Å²) < 4.78 is 7.55. The molecule has 9 nitrogen and oxygen atoms in total. The van der Waals surface area contributed by atoms with E-state index >= 15 is 0 Å². The first kappa shape index (κ1) is 27.1. The maximum atomic E-state index is 5.50. The highest BCUT2D eigenvalue weighted by Crippen LogP contribution is 2.30. The van der Waals surface area contributed by atoms with E-state index in [4.69, 9.17) is 9.72 Å². The Bertz CT molecular complexity index is 1050. The number of rotatable bonds is 9. The molecule has 0 aromatic carbocycles. The Morgan fingerprint density at radius 1 is 1.03 bits per heavy atom. The van der Waals surface area contributed by atoms with Crippen molar-refractivity contribution >= 4 is 23.0 Å². The molecule has 0 atom stereocenters. The van der Waals surface area contributed by atoms with Crippen LogP contribution in [0.3, 0.4) is 0 Å². The van der Waals surface area contributed by atoms with Crippen molar-refractivity contribution in [2.45, 2.75) is 83.3 Å². The zero-order valence-corrected chi connectivity index (χ0v) is 23.5. The van der Waals surface area contributed by atoms with Gasteiger partial charge in [0.15, 0.2) is 0 Å². The number of anilines is 3. The molecule has 0 amide bonds. The lowest BCUT2D eigenvalue weighted by Gasteiger charge is -2.41. The van der Waals surface area contributed by atoms with Crippen molar-refractivity contribution in [2.75, 3.05) is 57.1 Å². The third-order valence-electron chi connectivity index (χ3n) is 8.47. The van der Waals surface area contributed by atoms with Crippen molar-refractivity contribution in [3.63, 3.8) is 0 Å². The lowest BCUT2D eigenvalue weighted by atomic mass is 9.89. The number of nitrogens with zero attached hydrogens (tertiary/aromatic N) is 6. The molecule has 1 saturated carbocycles. The second-order valence-corrected chi connectivity index (χ2v) is 11.3. The van der Waals surface area contributed by atoms with Crippen LogP contribution in [-0.2, 0) is 4.74 Å². The van der Waals surface area contributed by atoms with E-state index in [0.717, 1.165) is 62.0 Å². The van der Waals surface area contributed by atoms with E-state index < -0.39 is 0 Å². The minimum Gasteiger partial charge on any atom is -0.381 e. The third-order valence-corrected chi connectivity index (χ3v) is 8.47. The van der Waals surface area contributed by atoms with E-state index in [9.17, 15) is 0 Å². The number of hydrogen-bond donors (Lipinski definition) is 2. The minimum absolute atomic E-state index is 0.396. The molecule has 3 fully saturated rings. The average molecular weight is 523 g/mol. The van der Waals surface area contributed by atoms with Gasteiger partial charge in [-0.2, -0.15) is 10.1 Å². The Hall–Kier alpha value is -2.49. The highest BCUT2D eigenvalue weighted by molar-refractivity contribution is 5.73. The average Bonchev–Trinajstić information content (AvgIpc) is 3.42. The van der Waals surface area contributed by atoms with Gasteiger partial charge >= 0.3 is 0 Å². The number of piperazine rings is 1. The van der Waals surface area contributed by atoms with Crippen LogP contribution in [0.4, 0.5) is 17.5 Å². The van der Waals surface area contributed by atoms with Gasteiger partial charge in [-0.15, -0.1) is 0 Å². The van der Waals surface area contributed by atoms with Gasteiger partial charge in [-0.1, -0.05) is 19.4 Å². The Morgan fingerprint density at radius 2 is 1.79 bits per heavy atom. The van der Waals surface area contributed by atoms with Crippen LogP contribution >= 0.6 is 0 Å². The highest BCUT2D eigenvalue weighted by atomic mass is 16.5. The molecule has 2 saturated heterocycles. The Kier molecular flexibility index (Phi) is 9.30. The van der Waals surface area contributed by atoms with Crippen molar-refractivity contribution in [2.24, 2.45) is 0 Å². The van der Waals surface area contributed by atoms with Crippen molar-refractivity contribution in [3.05, 3.63) is 30.2 Å². The van der Waals surface area contributed by atoms with Crippen LogP contribution in [0.25, 0.3) is 5.57 Å². The topological polar surface area (TPSA) is 83.4 Å². The number of nitrogens with one attached hydrogen (secondary N) is 2. The molecular weight excluding hydrogens is 476 g/mol. The van der Waals surface area contributed by atoms with Crippen LogP contribution in [0.5, 0.6) is 0 Å².